The second-order valence-electron chi connectivity index (χ2n) is 5.89. The maximum Gasteiger partial charge on any atom is 0.270 e. The minimum Gasteiger partial charge on any atom is -0.476 e. The molecule has 0 bridgehead atoms. The minimum absolute atomic E-state index is 0.0388. The molecule has 0 aliphatic carbocycles. The number of aryl methyl sites for hydroxylation is 2. The fourth-order valence-corrected chi connectivity index (χ4v) is 2.56. The number of nitrogens with zero attached hydrogens (tertiary/aromatic N) is 1. The number of hydrogen-bond donors (Lipinski definition) is 0. The summed E-state index contributed by atoms with van der Waals surface area (Å²) in [6.45, 7) is 9.28. The van der Waals surface area contributed by atoms with E-state index in [1.807, 2.05) is 30.9 Å². The van der Waals surface area contributed by atoms with Gasteiger partial charge in [0, 0.05) is 20.3 Å². The number of methoxy groups -OCH3 is 1. The van der Waals surface area contributed by atoms with Crippen LogP contribution in [0.25, 0.3) is 0 Å². The van der Waals surface area contributed by atoms with Crippen molar-refractivity contribution in [2.75, 3.05) is 25.2 Å². The second kappa shape index (κ2) is 6.06. The highest BCUT2D eigenvalue weighted by molar-refractivity contribution is 6.02. The maximum atomic E-state index is 12.8. The molecular formula is C17H25NO3. The van der Waals surface area contributed by atoms with Crippen LogP contribution in [-0.2, 0) is 9.53 Å². The Morgan fingerprint density at radius 3 is 2.57 bits per heavy atom. The average Bonchev–Trinajstić information content (AvgIpc) is 2.46. The molecule has 4 heteroatoms. The highest BCUT2D eigenvalue weighted by atomic mass is 16.5. The van der Waals surface area contributed by atoms with Gasteiger partial charge in [0.1, 0.15) is 5.75 Å². The lowest BCUT2D eigenvalue weighted by atomic mass is 9.96. The standard InChI is InChI=1S/C17H25NO3/c1-6-17(4)16(19)18(8-7-9-20-5)14-10-12(2)13(3)11-15(14)21-17/h10-11H,6-9H2,1-5H3. The van der Waals surface area contributed by atoms with Crippen molar-refractivity contribution in [2.24, 2.45) is 0 Å². The SMILES string of the molecule is CCC1(C)Oc2cc(C)c(C)cc2N(CCCOC)C1=O. The molecule has 1 aliphatic rings. The Kier molecular flexibility index (Phi) is 4.57. The normalized spacial score (nSPS) is 21.2. The van der Waals surface area contributed by atoms with Gasteiger partial charge in [0.15, 0.2) is 5.60 Å². The van der Waals surface area contributed by atoms with Crippen molar-refractivity contribution in [3.63, 3.8) is 0 Å². The van der Waals surface area contributed by atoms with Crippen molar-refractivity contribution in [1.29, 1.82) is 0 Å². The minimum atomic E-state index is -0.776. The third-order valence-corrected chi connectivity index (χ3v) is 4.30. The first-order valence-electron chi connectivity index (χ1n) is 7.54. The third kappa shape index (κ3) is 2.91. The number of amides is 1. The highest BCUT2D eigenvalue weighted by Gasteiger charge is 2.43. The summed E-state index contributed by atoms with van der Waals surface area (Å²) in [7, 11) is 1.68. The number of benzene rings is 1. The summed E-state index contributed by atoms with van der Waals surface area (Å²) in [6, 6.07) is 4.08. The van der Waals surface area contributed by atoms with Crippen LogP contribution in [-0.4, -0.2) is 31.8 Å². The van der Waals surface area contributed by atoms with Crippen LogP contribution in [0.1, 0.15) is 37.8 Å². The van der Waals surface area contributed by atoms with Crippen LogP contribution in [0.2, 0.25) is 0 Å². The smallest absolute Gasteiger partial charge is 0.270 e. The monoisotopic (exact) mass is 291 g/mol. The van der Waals surface area contributed by atoms with E-state index >= 15 is 0 Å². The molecule has 0 N–H and O–H groups in total. The molecule has 1 amide bonds. The van der Waals surface area contributed by atoms with E-state index in [0.29, 0.717) is 19.6 Å². The molecule has 0 aromatic heterocycles. The molecule has 0 radical (unpaired) electrons. The molecule has 0 spiro atoms. The topological polar surface area (TPSA) is 38.8 Å². The first kappa shape index (κ1) is 15.8. The Morgan fingerprint density at radius 1 is 1.29 bits per heavy atom. The zero-order valence-corrected chi connectivity index (χ0v) is 13.7. The van der Waals surface area contributed by atoms with Gasteiger partial charge in [-0.1, -0.05) is 6.92 Å². The zero-order valence-electron chi connectivity index (χ0n) is 13.7. The summed E-state index contributed by atoms with van der Waals surface area (Å²) in [4.78, 5) is 14.6. The molecule has 1 aromatic carbocycles. The lowest BCUT2D eigenvalue weighted by molar-refractivity contribution is -0.134. The highest BCUT2D eigenvalue weighted by Crippen LogP contribution is 2.40. The molecule has 1 aromatic rings. The molecular weight excluding hydrogens is 266 g/mol. The van der Waals surface area contributed by atoms with E-state index < -0.39 is 5.60 Å². The van der Waals surface area contributed by atoms with Crippen LogP contribution in [0.3, 0.4) is 0 Å². The van der Waals surface area contributed by atoms with Crippen LogP contribution in [0.4, 0.5) is 5.69 Å². The zero-order chi connectivity index (χ0) is 15.6. The predicted octanol–water partition coefficient (Wildman–Crippen LogP) is 3.23. The summed E-state index contributed by atoms with van der Waals surface area (Å²) < 4.78 is 11.1. The van der Waals surface area contributed by atoms with Crippen molar-refractivity contribution >= 4 is 11.6 Å². The van der Waals surface area contributed by atoms with E-state index in [0.717, 1.165) is 17.9 Å². The summed E-state index contributed by atoms with van der Waals surface area (Å²) in [5.74, 6) is 0.844. The quantitative estimate of drug-likeness (QED) is 0.782. The average molecular weight is 291 g/mol. The van der Waals surface area contributed by atoms with Crippen molar-refractivity contribution in [3.8, 4) is 5.75 Å². The first-order valence-corrected chi connectivity index (χ1v) is 7.54. The van der Waals surface area contributed by atoms with E-state index in [1.165, 1.54) is 11.1 Å². The molecule has 1 unspecified atom stereocenters. The molecule has 1 atom stereocenters. The van der Waals surface area contributed by atoms with Crippen molar-refractivity contribution in [2.45, 2.75) is 46.1 Å². The fraction of sp³-hybridized carbons (Fsp3) is 0.588. The lowest BCUT2D eigenvalue weighted by Gasteiger charge is -2.40. The van der Waals surface area contributed by atoms with Gasteiger partial charge in [-0.2, -0.15) is 0 Å². The van der Waals surface area contributed by atoms with E-state index in [1.54, 1.807) is 7.11 Å². The van der Waals surface area contributed by atoms with E-state index in [2.05, 4.69) is 13.8 Å². The molecule has 0 fully saturated rings. The summed E-state index contributed by atoms with van der Waals surface area (Å²) >= 11 is 0. The largest absolute Gasteiger partial charge is 0.476 e. The number of fused-ring (bicyclic) bond motifs is 1. The second-order valence-corrected chi connectivity index (χ2v) is 5.89. The van der Waals surface area contributed by atoms with Gasteiger partial charge in [-0.25, -0.2) is 0 Å². The van der Waals surface area contributed by atoms with Gasteiger partial charge in [0.2, 0.25) is 0 Å². The van der Waals surface area contributed by atoms with Crippen molar-refractivity contribution < 1.29 is 14.3 Å². The summed E-state index contributed by atoms with van der Waals surface area (Å²) in [5.41, 5.74) is 2.45. The van der Waals surface area contributed by atoms with Gasteiger partial charge in [-0.15, -0.1) is 0 Å². The Labute approximate surface area is 127 Å². The Bertz CT molecular complexity index is 541. The van der Waals surface area contributed by atoms with E-state index in [4.69, 9.17) is 9.47 Å². The van der Waals surface area contributed by atoms with E-state index in [9.17, 15) is 4.79 Å². The van der Waals surface area contributed by atoms with Gasteiger partial charge in [-0.3, -0.25) is 4.79 Å². The van der Waals surface area contributed by atoms with Crippen LogP contribution >= 0.6 is 0 Å². The summed E-state index contributed by atoms with van der Waals surface area (Å²) in [6.07, 6.45) is 1.47. The number of carbonyl (C=O) groups is 1. The van der Waals surface area contributed by atoms with Crippen LogP contribution < -0.4 is 9.64 Å². The van der Waals surface area contributed by atoms with Crippen molar-refractivity contribution in [3.05, 3.63) is 23.3 Å². The Hall–Kier alpha value is -1.55. The molecule has 2 rings (SSSR count). The molecule has 0 saturated carbocycles. The van der Waals surface area contributed by atoms with Gasteiger partial charge in [0.05, 0.1) is 5.69 Å². The number of carbonyl (C=O) groups excluding carboxylic acids is 1. The van der Waals surface area contributed by atoms with Crippen molar-refractivity contribution in [1.82, 2.24) is 0 Å². The van der Waals surface area contributed by atoms with Crippen LogP contribution in [0, 0.1) is 13.8 Å². The first-order chi connectivity index (χ1) is 9.92. The van der Waals surface area contributed by atoms with Crippen LogP contribution in [0.15, 0.2) is 12.1 Å². The molecule has 0 saturated heterocycles. The molecule has 21 heavy (non-hydrogen) atoms. The number of hydrogen-bond acceptors (Lipinski definition) is 3. The maximum absolute atomic E-state index is 12.8. The molecule has 4 nitrogen and oxygen atoms in total. The van der Waals surface area contributed by atoms with Gasteiger partial charge in [0.25, 0.3) is 5.91 Å². The number of rotatable bonds is 5. The molecule has 116 valence electrons. The lowest BCUT2D eigenvalue weighted by Crippen LogP contribution is -2.54. The van der Waals surface area contributed by atoms with Gasteiger partial charge in [-0.05, 0) is 56.9 Å². The number of anilines is 1. The number of ether oxygens (including phenoxy) is 2. The molecule has 1 aliphatic heterocycles. The Morgan fingerprint density at radius 2 is 1.95 bits per heavy atom. The molecule has 1 heterocycles. The third-order valence-electron chi connectivity index (χ3n) is 4.30. The summed E-state index contributed by atoms with van der Waals surface area (Å²) in [5, 5.41) is 0. The van der Waals surface area contributed by atoms with Gasteiger partial charge >= 0.3 is 0 Å². The van der Waals surface area contributed by atoms with Gasteiger partial charge < -0.3 is 14.4 Å². The van der Waals surface area contributed by atoms with E-state index in [-0.39, 0.29) is 5.91 Å². The predicted molar refractivity (Wildman–Crippen MR) is 84.1 cm³/mol. The fourth-order valence-electron chi connectivity index (χ4n) is 2.56. The Balaban J connectivity index is 2.42. The van der Waals surface area contributed by atoms with Crippen LogP contribution in [0.5, 0.6) is 5.75 Å².